The molecule has 1 fully saturated rings. The number of amides is 3. The summed E-state index contributed by atoms with van der Waals surface area (Å²) < 4.78 is 7.22. The molecule has 3 amide bonds. The number of imide groups is 1. The van der Waals surface area contributed by atoms with Gasteiger partial charge in [0.05, 0.1) is 47.6 Å². The summed E-state index contributed by atoms with van der Waals surface area (Å²) in [6.07, 6.45) is 5.63. The number of hydrogen-bond acceptors (Lipinski definition) is 7. The molecule has 0 bridgehead atoms. The first-order valence-corrected chi connectivity index (χ1v) is 12.6. The Morgan fingerprint density at radius 1 is 1.05 bits per heavy atom. The molecule has 6 heterocycles. The molecule has 4 aliphatic heterocycles. The summed E-state index contributed by atoms with van der Waals surface area (Å²) in [5.41, 5.74) is 5.34. The van der Waals surface area contributed by atoms with Gasteiger partial charge >= 0.3 is 0 Å². The number of benzene rings is 1. The van der Waals surface area contributed by atoms with Crippen LogP contribution in [0.15, 0.2) is 71.3 Å². The second-order valence-electron chi connectivity index (χ2n) is 9.69. The maximum atomic E-state index is 13.6. The van der Waals surface area contributed by atoms with Crippen molar-refractivity contribution >= 4 is 40.3 Å². The van der Waals surface area contributed by atoms with E-state index in [9.17, 15) is 14.4 Å². The number of anilines is 1. The Hall–Kier alpha value is -4.57. The predicted octanol–water partition coefficient (Wildman–Crippen LogP) is 1.70. The van der Waals surface area contributed by atoms with Crippen molar-refractivity contribution in [3.63, 3.8) is 0 Å². The van der Waals surface area contributed by atoms with E-state index in [0.717, 1.165) is 16.9 Å². The van der Waals surface area contributed by atoms with Crippen LogP contribution in [0.4, 0.5) is 5.69 Å². The number of morpholine rings is 1. The summed E-state index contributed by atoms with van der Waals surface area (Å²) in [5, 5.41) is 2.46. The summed E-state index contributed by atoms with van der Waals surface area (Å²) in [4.78, 5) is 53.1. The van der Waals surface area contributed by atoms with Crippen molar-refractivity contribution in [3.05, 3.63) is 83.1 Å². The summed E-state index contributed by atoms with van der Waals surface area (Å²) in [7, 11) is 0. The third kappa shape index (κ3) is 3.26. The number of hydrogen-bond donors (Lipinski definition) is 1. The lowest BCUT2D eigenvalue weighted by atomic mass is 9.94. The third-order valence-corrected chi connectivity index (χ3v) is 7.55. The molecule has 2 aromatic heterocycles. The summed E-state index contributed by atoms with van der Waals surface area (Å²) in [6, 6.07) is 10.9. The van der Waals surface area contributed by atoms with Crippen LogP contribution in [-0.2, 0) is 25.5 Å². The number of aromatic nitrogens is 2. The van der Waals surface area contributed by atoms with Crippen molar-refractivity contribution in [2.24, 2.45) is 4.99 Å². The number of aliphatic imine (C=N–C) groups is 1. The predicted molar refractivity (Wildman–Crippen MR) is 139 cm³/mol. The van der Waals surface area contributed by atoms with E-state index in [4.69, 9.17) is 9.73 Å². The van der Waals surface area contributed by atoms with Gasteiger partial charge in [-0.25, -0.2) is 4.98 Å². The van der Waals surface area contributed by atoms with Crippen LogP contribution >= 0.6 is 0 Å². The van der Waals surface area contributed by atoms with E-state index in [2.05, 4.69) is 10.3 Å². The van der Waals surface area contributed by atoms with Crippen molar-refractivity contribution in [1.82, 2.24) is 19.6 Å². The number of carbonyl (C=O) groups is 3. The maximum absolute atomic E-state index is 13.6. The molecular weight excluding hydrogens is 484 g/mol. The third-order valence-electron chi connectivity index (χ3n) is 7.55. The normalized spacial score (nSPS) is 20.9. The Labute approximate surface area is 217 Å². The molecular formula is C28H24N6O4. The van der Waals surface area contributed by atoms with Gasteiger partial charge in [-0.15, -0.1) is 0 Å². The summed E-state index contributed by atoms with van der Waals surface area (Å²) >= 11 is 0. The number of nitrogens with zero attached hydrogens (tertiary/aromatic N) is 5. The molecule has 4 aliphatic rings. The average Bonchev–Trinajstić information content (AvgIpc) is 3.59. The Morgan fingerprint density at radius 2 is 1.87 bits per heavy atom. The lowest BCUT2D eigenvalue weighted by molar-refractivity contribution is -0.136. The first-order valence-electron chi connectivity index (χ1n) is 12.6. The smallest absolute Gasteiger partial charge is 0.261 e. The van der Waals surface area contributed by atoms with E-state index in [1.165, 1.54) is 0 Å². The topological polar surface area (TPSA) is 109 Å². The van der Waals surface area contributed by atoms with Crippen molar-refractivity contribution in [1.29, 1.82) is 0 Å². The lowest BCUT2D eigenvalue weighted by Crippen LogP contribution is -2.50. The zero-order chi connectivity index (χ0) is 26.0. The van der Waals surface area contributed by atoms with Gasteiger partial charge in [0.25, 0.3) is 11.8 Å². The fourth-order valence-electron chi connectivity index (χ4n) is 5.83. The molecule has 10 heteroatoms. The SMILES string of the molecule is CC1=CN=C(C2=C(c3cnc4ccccn34)C(=O)NC2=O)c2cccc3c2N1C(C(=O)N1CCOCC1)C3. The minimum atomic E-state index is -0.509. The molecule has 7 rings (SSSR count). The van der Waals surface area contributed by atoms with Crippen molar-refractivity contribution in [2.45, 2.75) is 19.4 Å². The molecule has 3 aromatic rings. The highest BCUT2D eigenvalue weighted by Crippen LogP contribution is 2.42. The quantitative estimate of drug-likeness (QED) is 0.540. The second-order valence-corrected chi connectivity index (χ2v) is 9.69. The molecule has 0 aliphatic carbocycles. The van der Waals surface area contributed by atoms with Gasteiger partial charge in [-0.2, -0.15) is 0 Å². The molecule has 0 radical (unpaired) electrons. The highest BCUT2D eigenvalue weighted by atomic mass is 16.5. The van der Waals surface area contributed by atoms with Crippen molar-refractivity contribution in [2.75, 3.05) is 31.2 Å². The van der Waals surface area contributed by atoms with Gasteiger partial charge in [-0.3, -0.25) is 29.1 Å². The van der Waals surface area contributed by atoms with Crippen LogP contribution in [0.2, 0.25) is 0 Å². The highest BCUT2D eigenvalue weighted by molar-refractivity contribution is 6.47. The van der Waals surface area contributed by atoms with Gasteiger partial charge in [0.15, 0.2) is 0 Å². The average molecular weight is 509 g/mol. The Morgan fingerprint density at radius 3 is 2.71 bits per heavy atom. The van der Waals surface area contributed by atoms with E-state index >= 15 is 0 Å². The molecule has 1 atom stereocenters. The van der Waals surface area contributed by atoms with Crippen LogP contribution in [0, 0.1) is 0 Å². The molecule has 190 valence electrons. The zero-order valence-corrected chi connectivity index (χ0v) is 20.7. The molecule has 0 saturated carbocycles. The van der Waals surface area contributed by atoms with Crippen LogP contribution in [0.1, 0.15) is 23.7 Å². The molecule has 1 saturated heterocycles. The summed E-state index contributed by atoms with van der Waals surface area (Å²) in [6.45, 7) is 4.10. The Balaban J connectivity index is 1.38. The summed E-state index contributed by atoms with van der Waals surface area (Å²) in [5.74, 6) is -0.954. The van der Waals surface area contributed by atoms with E-state index in [1.54, 1.807) is 23.0 Å². The molecule has 10 nitrogen and oxygen atoms in total. The number of ether oxygens (including phenoxy) is 1. The number of fused-ring (bicyclic) bond motifs is 1. The number of allylic oxidation sites excluding steroid dienone is 1. The monoisotopic (exact) mass is 508 g/mol. The fraction of sp³-hybridized carbons (Fsp3) is 0.250. The van der Waals surface area contributed by atoms with Gasteiger partial charge in [0.1, 0.15) is 11.7 Å². The largest absolute Gasteiger partial charge is 0.378 e. The molecule has 38 heavy (non-hydrogen) atoms. The maximum Gasteiger partial charge on any atom is 0.261 e. The van der Waals surface area contributed by atoms with Crippen LogP contribution in [-0.4, -0.2) is 70.1 Å². The van der Waals surface area contributed by atoms with Gasteiger partial charge in [0, 0.05) is 43.2 Å². The molecule has 1 aromatic carbocycles. The van der Waals surface area contributed by atoms with Gasteiger partial charge in [-0.1, -0.05) is 24.3 Å². The van der Waals surface area contributed by atoms with Crippen molar-refractivity contribution in [3.8, 4) is 0 Å². The van der Waals surface area contributed by atoms with E-state index in [-0.39, 0.29) is 17.1 Å². The van der Waals surface area contributed by atoms with Gasteiger partial charge < -0.3 is 14.5 Å². The van der Waals surface area contributed by atoms with E-state index in [0.29, 0.717) is 55.3 Å². The lowest BCUT2D eigenvalue weighted by Gasteiger charge is -2.34. The Bertz CT molecular complexity index is 1640. The number of carbonyl (C=O) groups excluding carboxylic acids is 3. The minimum Gasteiger partial charge on any atom is -0.378 e. The number of nitrogens with one attached hydrogen (secondary N) is 1. The van der Waals surface area contributed by atoms with E-state index in [1.807, 2.05) is 53.1 Å². The number of imidazole rings is 1. The zero-order valence-electron chi connectivity index (χ0n) is 20.7. The standard InChI is InChI=1S/C28H24N6O4/c1-16-14-30-24(23-22(26(35)31-27(23)36)20-15-29-21-7-2-3-8-33(20)21)18-6-4-5-17-13-19(34(16)25(17)18)28(37)32-9-11-38-12-10-32/h2-8,14-15,19H,9-13H2,1H3,(H,31,35,36). The van der Waals surface area contributed by atoms with E-state index < -0.39 is 17.9 Å². The van der Waals surface area contributed by atoms with Gasteiger partial charge in [0.2, 0.25) is 5.91 Å². The molecule has 1 unspecified atom stereocenters. The fourth-order valence-corrected chi connectivity index (χ4v) is 5.83. The Kier molecular flexibility index (Phi) is 5.05. The number of rotatable bonds is 3. The van der Waals surface area contributed by atoms with Crippen molar-refractivity contribution < 1.29 is 19.1 Å². The van der Waals surface area contributed by atoms with Crippen LogP contribution in [0.5, 0.6) is 0 Å². The van der Waals surface area contributed by atoms with Crippen LogP contribution in [0.25, 0.3) is 11.2 Å². The van der Waals surface area contributed by atoms with Gasteiger partial charge in [-0.05, 0) is 24.6 Å². The number of para-hydroxylation sites is 1. The van der Waals surface area contributed by atoms with Crippen LogP contribution in [0.3, 0.4) is 0 Å². The molecule has 0 spiro atoms. The second kappa shape index (κ2) is 8.49. The van der Waals surface area contributed by atoms with Crippen LogP contribution < -0.4 is 10.2 Å². The molecule has 1 N–H and O–H groups in total. The number of pyridine rings is 1. The first kappa shape index (κ1) is 22.6. The first-order chi connectivity index (χ1) is 18.5. The highest BCUT2D eigenvalue weighted by Gasteiger charge is 2.43. The minimum absolute atomic E-state index is 0.0473.